The summed E-state index contributed by atoms with van der Waals surface area (Å²) in [5.74, 6) is -1.76. The number of nitrogens with zero attached hydrogens (tertiary/aromatic N) is 2. The van der Waals surface area contributed by atoms with Gasteiger partial charge in [0.1, 0.15) is 11.9 Å². The second-order valence-corrected chi connectivity index (χ2v) is 7.51. The zero-order valence-electron chi connectivity index (χ0n) is 15.9. The van der Waals surface area contributed by atoms with Gasteiger partial charge >= 0.3 is 5.97 Å². The lowest BCUT2D eigenvalue weighted by Crippen LogP contribution is -2.40. The number of amides is 1. The monoisotopic (exact) mass is 424 g/mol. The Hall–Kier alpha value is -3.25. The quantitative estimate of drug-likeness (QED) is 0.646. The SMILES string of the molecule is O=C(O)C1CCCN1C(=O)c1cnc(-c2ccc(F)cc2)c(-c2ccccc2Cl)c1. The minimum atomic E-state index is -1.01. The van der Waals surface area contributed by atoms with E-state index in [1.54, 1.807) is 30.3 Å². The van der Waals surface area contributed by atoms with Crippen molar-refractivity contribution in [3.05, 3.63) is 77.2 Å². The number of carboxylic acid groups (broad SMARTS) is 1. The van der Waals surface area contributed by atoms with E-state index in [1.165, 1.54) is 23.2 Å². The summed E-state index contributed by atoms with van der Waals surface area (Å²) in [7, 11) is 0. The van der Waals surface area contributed by atoms with Crippen LogP contribution in [0.4, 0.5) is 4.39 Å². The highest BCUT2D eigenvalue weighted by Gasteiger charge is 2.34. The van der Waals surface area contributed by atoms with Crippen molar-refractivity contribution in [2.75, 3.05) is 6.54 Å². The number of likely N-dealkylation sites (tertiary alicyclic amines) is 1. The summed E-state index contributed by atoms with van der Waals surface area (Å²) in [6.45, 7) is 0.386. The lowest BCUT2D eigenvalue weighted by molar-refractivity contribution is -0.141. The summed E-state index contributed by atoms with van der Waals surface area (Å²) in [4.78, 5) is 30.4. The zero-order valence-corrected chi connectivity index (χ0v) is 16.6. The van der Waals surface area contributed by atoms with Gasteiger partial charge in [0.15, 0.2) is 0 Å². The first-order chi connectivity index (χ1) is 14.5. The lowest BCUT2D eigenvalue weighted by atomic mass is 9.97. The molecule has 0 aliphatic carbocycles. The summed E-state index contributed by atoms with van der Waals surface area (Å²) in [5.41, 5.74) is 2.80. The van der Waals surface area contributed by atoms with E-state index in [1.807, 2.05) is 12.1 Å². The number of pyridine rings is 1. The molecule has 1 saturated heterocycles. The van der Waals surface area contributed by atoms with Crippen LogP contribution >= 0.6 is 11.6 Å². The minimum Gasteiger partial charge on any atom is -0.480 e. The molecule has 7 heteroatoms. The smallest absolute Gasteiger partial charge is 0.326 e. The molecule has 1 N–H and O–H groups in total. The highest BCUT2D eigenvalue weighted by atomic mass is 35.5. The van der Waals surface area contributed by atoms with Crippen molar-refractivity contribution < 1.29 is 19.1 Å². The van der Waals surface area contributed by atoms with E-state index in [0.717, 1.165) is 0 Å². The normalized spacial score (nSPS) is 15.9. The van der Waals surface area contributed by atoms with Gasteiger partial charge in [0.25, 0.3) is 5.91 Å². The molecular weight excluding hydrogens is 407 g/mol. The summed E-state index contributed by atoms with van der Waals surface area (Å²) >= 11 is 6.41. The molecule has 30 heavy (non-hydrogen) atoms. The predicted octanol–water partition coefficient (Wildman–Crippen LogP) is 4.90. The molecule has 0 saturated carbocycles. The van der Waals surface area contributed by atoms with Gasteiger partial charge in [-0.05, 0) is 49.2 Å². The Morgan fingerprint density at radius 1 is 1.10 bits per heavy atom. The molecule has 1 unspecified atom stereocenters. The van der Waals surface area contributed by atoms with Crippen molar-refractivity contribution in [2.45, 2.75) is 18.9 Å². The number of carboxylic acids is 1. The number of aromatic nitrogens is 1. The molecule has 0 bridgehead atoms. The van der Waals surface area contributed by atoms with Crippen LogP contribution in [-0.2, 0) is 4.79 Å². The summed E-state index contributed by atoms with van der Waals surface area (Å²) in [6.07, 6.45) is 2.50. The third-order valence-electron chi connectivity index (χ3n) is 5.22. The summed E-state index contributed by atoms with van der Waals surface area (Å²) < 4.78 is 13.4. The molecule has 4 rings (SSSR count). The number of rotatable bonds is 4. The van der Waals surface area contributed by atoms with Crippen LogP contribution in [0.3, 0.4) is 0 Å². The second-order valence-electron chi connectivity index (χ2n) is 7.10. The number of carbonyl (C=O) groups is 2. The fraction of sp³-hybridized carbons (Fsp3) is 0.174. The van der Waals surface area contributed by atoms with Crippen LogP contribution in [0.15, 0.2) is 60.8 Å². The van der Waals surface area contributed by atoms with E-state index >= 15 is 0 Å². The fourth-order valence-corrected chi connectivity index (χ4v) is 3.97. The van der Waals surface area contributed by atoms with E-state index in [9.17, 15) is 19.1 Å². The van der Waals surface area contributed by atoms with E-state index in [2.05, 4.69) is 4.98 Å². The number of aliphatic carboxylic acids is 1. The van der Waals surface area contributed by atoms with E-state index in [0.29, 0.717) is 46.8 Å². The average Bonchev–Trinajstić information content (AvgIpc) is 3.24. The molecule has 1 aliphatic rings. The maximum absolute atomic E-state index is 13.4. The van der Waals surface area contributed by atoms with Crippen LogP contribution in [0.5, 0.6) is 0 Å². The average molecular weight is 425 g/mol. The van der Waals surface area contributed by atoms with Crippen LogP contribution in [0, 0.1) is 5.82 Å². The van der Waals surface area contributed by atoms with Crippen LogP contribution in [0.1, 0.15) is 23.2 Å². The third kappa shape index (κ3) is 3.78. The van der Waals surface area contributed by atoms with Gasteiger partial charge in [-0.15, -0.1) is 0 Å². The van der Waals surface area contributed by atoms with Crippen LogP contribution in [0.2, 0.25) is 5.02 Å². The van der Waals surface area contributed by atoms with Crippen molar-refractivity contribution >= 4 is 23.5 Å². The molecule has 1 fully saturated rings. The minimum absolute atomic E-state index is 0.281. The maximum Gasteiger partial charge on any atom is 0.326 e. The first-order valence-electron chi connectivity index (χ1n) is 9.50. The van der Waals surface area contributed by atoms with Gasteiger partial charge in [0.05, 0.1) is 11.3 Å². The van der Waals surface area contributed by atoms with Gasteiger partial charge in [-0.2, -0.15) is 0 Å². The van der Waals surface area contributed by atoms with Crippen molar-refractivity contribution in [1.82, 2.24) is 9.88 Å². The number of carbonyl (C=O) groups excluding carboxylic acids is 1. The number of hydrogen-bond acceptors (Lipinski definition) is 3. The Morgan fingerprint density at radius 3 is 2.53 bits per heavy atom. The number of benzene rings is 2. The number of halogens is 2. The molecule has 0 spiro atoms. The molecule has 0 radical (unpaired) electrons. The van der Waals surface area contributed by atoms with Crippen molar-refractivity contribution in [2.24, 2.45) is 0 Å². The first kappa shape index (κ1) is 20.0. The van der Waals surface area contributed by atoms with Gasteiger partial charge in [-0.25, -0.2) is 9.18 Å². The Morgan fingerprint density at radius 2 is 1.83 bits per heavy atom. The molecule has 1 aliphatic heterocycles. The maximum atomic E-state index is 13.4. The van der Waals surface area contributed by atoms with Gasteiger partial charge in [0.2, 0.25) is 0 Å². The molecule has 5 nitrogen and oxygen atoms in total. The second kappa shape index (κ2) is 8.24. The van der Waals surface area contributed by atoms with Gasteiger partial charge in [-0.1, -0.05) is 29.8 Å². The van der Waals surface area contributed by atoms with Gasteiger partial charge < -0.3 is 10.0 Å². The van der Waals surface area contributed by atoms with Crippen LogP contribution in [0.25, 0.3) is 22.4 Å². The van der Waals surface area contributed by atoms with Crippen molar-refractivity contribution in [3.8, 4) is 22.4 Å². The first-order valence-corrected chi connectivity index (χ1v) is 9.88. The molecule has 2 heterocycles. The Balaban J connectivity index is 1.82. The zero-order chi connectivity index (χ0) is 21.3. The molecule has 152 valence electrons. The van der Waals surface area contributed by atoms with Crippen LogP contribution < -0.4 is 0 Å². The van der Waals surface area contributed by atoms with E-state index in [-0.39, 0.29) is 17.3 Å². The largest absolute Gasteiger partial charge is 0.480 e. The van der Waals surface area contributed by atoms with Crippen LogP contribution in [-0.4, -0.2) is 39.5 Å². The molecule has 1 amide bonds. The number of hydrogen-bond donors (Lipinski definition) is 1. The van der Waals surface area contributed by atoms with E-state index in [4.69, 9.17) is 11.6 Å². The Kier molecular flexibility index (Phi) is 5.50. The van der Waals surface area contributed by atoms with Crippen molar-refractivity contribution in [1.29, 1.82) is 0 Å². The van der Waals surface area contributed by atoms with E-state index < -0.39 is 12.0 Å². The van der Waals surface area contributed by atoms with Gasteiger partial charge in [-0.3, -0.25) is 9.78 Å². The molecule has 1 aromatic heterocycles. The standard InChI is InChI=1S/C23H18ClFN2O3/c24-19-5-2-1-4-17(19)18-12-15(22(28)27-11-3-6-20(27)23(29)30)13-26-21(18)14-7-9-16(25)10-8-14/h1-2,4-5,7-10,12-13,20H,3,6,11H2,(H,29,30). The summed E-state index contributed by atoms with van der Waals surface area (Å²) in [5, 5.41) is 9.89. The Labute approximate surface area is 177 Å². The Bertz CT molecular complexity index is 1120. The molecule has 3 aromatic rings. The molecule has 2 aromatic carbocycles. The third-order valence-corrected chi connectivity index (χ3v) is 5.54. The molecule has 1 atom stereocenters. The highest BCUT2D eigenvalue weighted by Crippen LogP contribution is 2.36. The predicted molar refractivity (Wildman–Crippen MR) is 112 cm³/mol. The lowest BCUT2D eigenvalue weighted by Gasteiger charge is -2.22. The van der Waals surface area contributed by atoms with Gasteiger partial charge in [0, 0.05) is 34.5 Å². The molecular formula is C23H18ClFN2O3. The van der Waals surface area contributed by atoms with Crippen molar-refractivity contribution in [3.63, 3.8) is 0 Å². The fourth-order valence-electron chi connectivity index (χ4n) is 3.74. The summed E-state index contributed by atoms with van der Waals surface area (Å²) in [6, 6.07) is 13.9. The highest BCUT2D eigenvalue weighted by molar-refractivity contribution is 6.33. The topological polar surface area (TPSA) is 70.5 Å².